The standard InChI is InChI=1S/C9H16.C7H14O2/c1-8-4-3-5-9(2)7-6-8;1-6-3-4-8-7(2)9-5-6/h6-9H,3-5H2,1-2H3;6-7H,3-5H2,1-2H3. The molecule has 2 heteroatoms. The maximum absolute atomic E-state index is 5.29. The Morgan fingerprint density at radius 1 is 0.833 bits per heavy atom. The molecule has 0 saturated carbocycles. The van der Waals surface area contributed by atoms with Gasteiger partial charge in [-0.25, -0.2) is 0 Å². The predicted octanol–water partition coefficient (Wildman–Crippen LogP) is 4.40. The Balaban J connectivity index is 0.000000180. The van der Waals surface area contributed by atoms with Crippen LogP contribution in [0.5, 0.6) is 0 Å². The van der Waals surface area contributed by atoms with Crippen molar-refractivity contribution in [3.8, 4) is 0 Å². The number of rotatable bonds is 0. The topological polar surface area (TPSA) is 18.5 Å². The minimum absolute atomic E-state index is 0.00921. The monoisotopic (exact) mass is 254 g/mol. The van der Waals surface area contributed by atoms with E-state index in [2.05, 4.69) is 32.9 Å². The summed E-state index contributed by atoms with van der Waals surface area (Å²) >= 11 is 0. The van der Waals surface area contributed by atoms with Gasteiger partial charge in [0, 0.05) is 0 Å². The van der Waals surface area contributed by atoms with Crippen molar-refractivity contribution >= 4 is 0 Å². The summed E-state index contributed by atoms with van der Waals surface area (Å²) in [7, 11) is 0. The number of ether oxygens (including phenoxy) is 2. The van der Waals surface area contributed by atoms with Gasteiger partial charge in [0.25, 0.3) is 0 Å². The summed E-state index contributed by atoms with van der Waals surface area (Å²) < 4.78 is 10.5. The van der Waals surface area contributed by atoms with Crippen molar-refractivity contribution in [3.05, 3.63) is 12.2 Å². The minimum atomic E-state index is 0.00921. The molecule has 106 valence electrons. The largest absolute Gasteiger partial charge is 0.353 e. The fourth-order valence-corrected chi connectivity index (χ4v) is 2.20. The van der Waals surface area contributed by atoms with Gasteiger partial charge in [-0.1, -0.05) is 39.3 Å². The summed E-state index contributed by atoms with van der Waals surface area (Å²) in [5.41, 5.74) is 0. The van der Waals surface area contributed by atoms with Gasteiger partial charge in [-0.05, 0) is 43.9 Å². The normalized spacial score (nSPS) is 37.1. The molecule has 0 radical (unpaired) electrons. The lowest BCUT2D eigenvalue weighted by atomic mass is 10.1. The molecular weight excluding hydrogens is 224 g/mol. The van der Waals surface area contributed by atoms with E-state index in [1.54, 1.807) is 0 Å². The second kappa shape index (κ2) is 8.71. The zero-order chi connectivity index (χ0) is 13.4. The van der Waals surface area contributed by atoms with Crippen LogP contribution in [0, 0.1) is 17.8 Å². The van der Waals surface area contributed by atoms with E-state index in [1.165, 1.54) is 19.3 Å². The first-order valence-corrected chi connectivity index (χ1v) is 7.49. The molecule has 4 unspecified atom stereocenters. The van der Waals surface area contributed by atoms with E-state index in [0.29, 0.717) is 5.92 Å². The van der Waals surface area contributed by atoms with Crippen molar-refractivity contribution in [2.45, 2.75) is 59.7 Å². The third-order valence-electron chi connectivity index (χ3n) is 3.67. The van der Waals surface area contributed by atoms with Crippen LogP contribution in [-0.2, 0) is 9.47 Å². The summed E-state index contributed by atoms with van der Waals surface area (Å²) in [6, 6.07) is 0. The van der Waals surface area contributed by atoms with Gasteiger partial charge in [-0.15, -0.1) is 0 Å². The number of hydrogen-bond donors (Lipinski definition) is 0. The second-order valence-corrected chi connectivity index (χ2v) is 5.94. The molecule has 1 saturated heterocycles. The fraction of sp³-hybridized carbons (Fsp3) is 0.875. The van der Waals surface area contributed by atoms with E-state index < -0.39 is 0 Å². The Morgan fingerprint density at radius 3 is 2.06 bits per heavy atom. The predicted molar refractivity (Wildman–Crippen MR) is 76.5 cm³/mol. The molecular formula is C16H30O2. The van der Waals surface area contributed by atoms with Gasteiger partial charge in [0.1, 0.15) is 0 Å². The van der Waals surface area contributed by atoms with Crippen molar-refractivity contribution in [2.24, 2.45) is 17.8 Å². The number of allylic oxidation sites excluding steroid dienone is 2. The van der Waals surface area contributed by atoms with E-state index in [4.69, 9.17) is 9.47 Å². The second-order valence-electron chi connectivity index (χ2n) is 5.94. The summed E-state index contributed by atoms with van der Waals surface area (Å²) in [5, 5.41) is 0. The van der Waals surface area contributed by atoms with Crippen molar-refractivity contribution in [1.82, 2.24) is 0 Å². The lowest BCUT2D eigenvalue weighted by Crippen LogP contribution is -2.10. The third-order valence-corrected chi connectivity index (χ3v) is 3.67. The Labute approximate surface area is 113 Å². The molecule has 1 heterocycles. The molecule has 0 bridgehead atoms. The van der Waals surface area contributed by atoms with Crippen LogP contribution in [0.3, 0.4) is 0 Å². The van der Waals surface area contributed by atoms with Crippen LogP contribution in [-0.4, -0.2) is 19.5 Å². The van der Waals surface area contributed by atoms with Gasteiger partial charge in [-0.2, -0.15) is 0 Å². The average molecular weight is 254 g/mol. The molecule has 2 aliphatic rings. The minimum Gasteiger partial charge on any atom is -0.353 e. The quantitative estimate of drug-likeness (QED) is 0.596. The van der Waals surface area contributed by atoms with E-state index in [-0.39, 0.29) is 6.29 Å². The first-order chi connectivity index (χ1) is 8.58. The maximum Gasteiger partial charge on any atom is 0.154 e. The molecule has 0 N–H and O–H groups in total. The molecule has 2 rings (SSSR count). The van der Waals surface area contributed by atoms with Crippen molar-refractivity contribution < 1.29 is 9.47 Å². The van der Waals surface area contributed by atoms with Crippen LogP contribution in [0.1, 0.15) is 53.4 Å². The van der Waals surface area contributed by atoms with E-state index >= 15 is 0 Å². The molecule has 1 aliphatic carbocycles. The SMILES string of the molecule is CC1C=CC(C)CCC1.CC1CCOC(C)OC1. The molecule has 0 aromatic carbocycles. The van der Waals surface area contributed by atoms with Crippen LogP contribution in [0.15, 0.2) is 12.2 Å². The summed E-state index contributed by atoms with van der Waals surface area (Å²) in [4.78, 5) is 0. The van der Waals surface area contributed by atoms with Gasteiger partial charge in [0.15, 0.2) is 6.29 Å². The molecule has 0 spiro atoms. The van der Waals surface area contributed by atoms with E-state index in [0.717, 1.165) is 31.5 Å². The Kier molecular flexibility index (Phi) is 7.60. The lowest BCUT2D eigenvalue weighted by molar-refractivity contribution is -0.115. The van der Waals surface area contributed by atoms with E-state index in [1.807, 2.05) is 6.92 Å². The summed E-state index contributed by atoms with van der Waals surface area (Å²) in [6.45, 7) is 10.4. The van der Waals surface area contributed by atoms with Crippen LogP contribution in [0.2, 0.25) is 0 Å². The first kappa shape index (κ1) is 15.7. The molecule has 2 nitrogen and oxygen atoms in total. The zero-order valence-corrected chi connectivity index (χ0v) is 12.5. The molecule has 0 aromatic heterocycles. The smallest absolute Gasteiger partial charge is 0.154 e. The van der Waals surface area contributed by atoms with Gasteiger partial charge in [0.2, 0.25) is 0 Å². The molecule has 1 fully saturated rings. The highest BCUT2D eigenvalue weighted by Gasteiger charge is 2.11. The highest BCUT2D eigenvalue weighted by molar-refractivity contribution is 4.92. The van der Waals surface area contributed by atoms with Crippen molar-refractivity contribution in [1.29, 1.82) is 0 Å². The molecule has 4 atom stereocenters. The molecule has 1 aliphatic heterocycles. The summed E-state index contributed by atoms with van der Waals surface area (Å²) in [5.74, 6) is 2.32. The third kappa shape index (κ3) is 7.17. The lowest BCUT2D eigenvalue weighted by Gasteiger charge is -2.08. The number of hydrogen-bond acceptors (Lipinski definition) is 2. The fourth-order valence-electron chi connectivity index (χ4n) is 2.20. The van der Waals surface area contributed by atoms with Gasteiger partial charge in [0.05, 0.1) is 13.2 Å². The molecule has 0 amide bonds. The highest BCUT2D eigenvalue weighted by Crippen LogP contribution is 2.19. The van der Waals surface area contributed by atoms with Crippen LogP contribution in [0.25, 0.3) is 0 Å². The molecule has 0 aromatic rings. The molecule has 18 heavy (non-hydrogen) atoms. The maximum atomic E-state index is 5.29. The first-order valence-electron chi connectivity index (χ1n) is 7.49. The zero-order valence-electron chi connectivity index (χ0n) is 12.5. The van der Waals surface area contributed by atoms with Crippen LogP contribution in [0.4, 0.5) is 0 Å². The highest BCUT2D eigenvalue weighted by atomic mass is 16.7. The van der Waals surface area contributed by atoms with Crippen molar-refractivity contribution in [3.63, 3.8) is 0 Å². The Morgan fingerprint density at radius 2 is 1.44 bits per heavy atom. The van der Waals surface area contributed by atoms with E-state index in [9.17, 15) is 0 Å². The van der Waals surface area contributed by atoms with Crippen LogP contribution < -0.4 is 0 Å². The van der Waals surface area contributed by atoms with Crippen LogP contribution >= 0.6 is 0 Å². The van der Waals surface area contributed by atoms with Gasteiger partial charge in [-0.3, -0.25) is 0 Å². The van der Waals surface area contributed by atoms with Gasteiger partial charge < -0.3 is 9.47 Å². The van der Waals surface area contributed by atoms with Crippen molar-refractivity contribution in [2.75, 3.05) is 13.2 Å². The average Bonchev–Trinajstić information content (AvgIpc) is 2.63. The van der Waals surface area contributed by atoms with Gasteiger partial charge >= 0.3 is 0 Å². The summed E-state index contributed by atoms with van der Waals surface area (Å²) in [6.07, 6.45) is 10.0. The Hall–Kier alpha value is -0.340. The Bertz CT molecular complexity index is 215.